The molecule has 1 aromatic carbocycles. The van der Waals surface area contributed by atoms with E-state index in [1.807, 2.05) is 29.0 Å². The molecule has 0 aliphatic carbocycles. The highest BCUT2D eigenvalue weighted by molar-refractivity contribution is 7.90. The second kappa shape index (κ2) is 8.76. The van der Waals surface area contributed by atoms with Gasteiger partial charge in [-0.15, -0.1) is 11.3 Å². The van der Waals surface area contributed by atoms with Crippen molar-refractivity contribution in [2.24, 2.45) is 0 Å². The topological polar surface area (TPSA) is 101 Å². The van der Waals surface area contributed by atoms with Gasteiger partial charge in [-0.25, -0.2) is 18.1 Å². The van der Waals surface area contributed by atoms with Crippen LogP contribution in [-0.2, 0) is 16.4 Å². The molecular formula is C23H23N3O4S2. The van der Waals surface area contributed by atoms with E-state index < -0.39 is 15.9 Å². The third-order valence-electron chi connectivity index (χ3n) is 5.16. The maximum atomic E-state index is 12.4. The predicted molar refractivity (Wildman–Crippen MR) is 127 cm³/mol. The Morgan fingerprint density at radius 3 is 2.72 bits per heavy atom. The number of amides is 1. The SMILES string of the molecule is CCS(=O)(=O)NC(=O)c1cccc(Cc2c(-c3csc(C)c3)[nH]c3cc(OC)ccc23)n1. The van der Waals surface area contributed by atoms with Gasteiger partial charge >= 0.3 is 0 Å². The number of hydrogen-bond acceptors (Lipinski definition) is 6. The number of sulfonamides is 1. The zero-order chi connectivity index (χ0) is 22.9. The summed E-state index contributed by atoms with van der Waals surface area (Å²) in [5.74, 6) is -0.154. The number of aryl methyl sites for hydroxylation is 1. The largest absolute Gasteiger partial charge is 0.497 e. The lowest BCUT2D eigenvalue weighted by Crippen LogP contribution is -2.32. The number of thiophene rings is 1. The Hall–Kier alpha value is -3.17. The number of pyridine rings is 1. The molecule has 0 radical (unpaired) electrons. The summed E-state index contributed by atoms with van der Waals surface area (Å²) in [5.41, 5.74) is 4.79. The van der Waals surface area contributed by atoms with Crippen molar-refractivity contribution >= 4 is 38.2 Å². The summed E-state index contributed by atoms with van der Waals surface area (Å²) in [6.07, 6.45) is 0.470. The van der Waals surface area contributed by atoms with Gasteiger partial charge in [0.1, 0.15) is 11.4 Å². The Balaban J connectivity index is 1.75. The number of fused-ring (bicyclic) bond motifs is 1. The van der Waals surface area contributed by atoms with Crippen LogP contribution in [0.1, 0.15) is 33.5 Å². The van der Waals surface area contributed by atoms with Crippen molar-refractivity contribution in [2.45, 2.75) is 20.3 Å². The van der Waals surface area contributed by atoms with E-state index in [1.165, 1.54) is 17.9 Å². The third-order valence-corrected chi connectivity index (χ3v) is 7.28. The second-order valence-corrected chi connectivity index (χ2v) is 10.5. The zero-order valence-corrected chi connectivity index (χ0v) is 19.6. The number of carbonyl (C=O) groups is 1. The van der Waals surface area contributed by atoms with Gasteiger partial charge < -0.3 is 9.72 Å². The Morgan fingerprint density at radius 1 is 1.22 bits per heavy atom. The average molecular weight is 470 g/mol. The molecule has 1 amide bonds. The molecule has 7 nitrogen and oxygen atoms in total. The summed E-state index contributed by atoms with van der Waals surface area (Å²) in [7, 11) is -2.03. The Bertz CT molecular complexity index is 1400. The smallest absolute Gasteiger partial charge is 0.283 e. The fourth-order valence-electron chi connectivity index (χ4n) is 3.52. The number of nitrogens with one attached hydrogen (secondary N) is 2. The van der Waals surface area contributed by atoms with Gasteiger partial charge in [0, 0.05) is 44.9 Å². The molecule has 0 unspecified atom stereocenters. The second-order valence-electron chi connectivity index (χ2n) is 7.36. The first-order chi connectivity index (χ1) is 15.3. The average Bonchev–Trinajstić information content (AvgIpc) is 3.36. The summed E-state index contributed by atoms with van der Waals surface area (Å²) < 4.78 is 30.9. The van der Waals surface area contributed by atoms with E-state index in [1.54, 1.807) is 24.5 Å². The molecule has 0 aliphatic rings. The molecule has 4 rings (SSSR count). The van der Waals surface area contributed by atoms with Gasteiger partial charge in [0.05, 0.1) is 18.6 Å². The van der Waals surface area contributed by atoms with Gasteiger partial charge in [0.15, 0.2) is 0 Å². The van der Waals surface area contributed by atoms with Crippen molar-refractivity contribution in [3.8, 4) is 17.0 Å². The normalized spacial score (nSPS) is 11.6. The first-order valence-electron chi connectivity index (χ1n) is 10.0. The lowest BCUT2D eigenvalue weighted by atomic mass is 10.0. The molecule has 3 heterocycles. The van der Waals surface area contributed by atoms with Gasteiger partial charge in [0.2, 0.25) is 10.0 Å². The quantitative estimate of drug-likeness (QED) is 0.421. The van der Waals surface area contributed by atoms with Crippen molar-refractivity contribution in [1.82, 2.24) is 14.7 Å². The molecule has 0 saturated carbocycles. The van der Waals surface area contributed by atoms with E-state index in [0.717, 1.165) is 33.5 Å². The number of aromatic nitrogens is 2. The van der Waals surface area contributed by atoms with Gasteiger partial charge in [-0.05, 0) is 49.7 Å². The number of aromatic amines is 1. The minimum atomic E-state index is -3.66. The summed E-state index contributed by atoms with van der Waals surface area (Å²) in [6, 6.07) is 13.0. The number of H-pyrrole nitrogens is 1. The van der Waals surface area contributed by atoms with Gasteiger partial charge in [-0.2, -0.15) is 0 Å². The number of methoxy groups -OCH3 is 1. The lowest BCUT2D eigenvalue weighted by molar-refractivity contribution is 0.0976. The molecule has 166 valence electrons. The number of hydrogen-bond donors (Lipinski definition) is 2. The molecule has 32 heavy (non-hydrogen) atoms. The van der Waals surface area contributed by atoms with Crippen LogP contribution in [-0.4, -0.2) is 37.2 Å². The molecule has 0 spiro atoms. The van der Waals surface area contributed by atoms with Crippen LogP contribution in [0.4, 0.5) is 0 Å². The lowest BCUT2D eigenvalue weighted by Gasteiger charge is -2.07. The Morgan fingerprint density at radius 2 is 2.03 bits per heavy atom. The van der Waals surface area contributed by atoms with Crippen LogP contribution in [0.5, 0.6) is 5.75 Å². The van der Waals surface area contributed by atoms with Crippen LogP contribution < -0.4 is 9.46 Å². The highest BCUT2D eigenvalue weighted by Gasteiger charge is 2.18. The van der Waals surface area contributed by atoms with Crippen molar-refractivity contribution in [3.63, 3.8) is 0 Å². The van der Waals surface area contributed by atoms with E-state index in [0.29, 0.717) is 12.1 Å². The predicted octanol–water partition coefficient (Wildman–Crippen LogP) is 4.28. The fourth-order valence-corrected chi connectivity index (χ4v) is 4.74. The van der Waals surface area contributed by atoms with Gasteiger partial charge in [-0.1, -0.05) is 6.07 Å². The van der Waals surface area contributed by atoms with Gasteiger partial charge in [-0.3, -0.25) is 4.79 Å². The minimum absolute atomic E-state index is 0.0639. The monoisotopic (exact) mass is 469 g/mol. The fraction of sp³-hybridized carbons (Fsp3) is 0.217. The van der Waals surface area contributed by atoms with E-state index in [9.17, 15) is 13.2 Å². The van der Waals surface area contributed by atoms with Gasteiger partial charge in [0.25, 0.3) is 5.91 Å². The van der Waals surface area contributed by atoms with Crippen LogP contribution in [0.25, 0.3) is 22.2 Å². The zero-order valence-electron chi connectivity index (χ0n) is 17.9. The number of ether oxygens (including phenoxy) is 1. The summed E-state index contributed by atoms with van der Waals surface area (Å²) in [6.45, 7) is 3.53. The van der Waals surface area contributed by atoms with E-state index in [4.69, 9.17) is 4.74 Å². The number of carbonyl (C=O) groups excluding carboxylic acids is 1. The molecular weight excluding hydrogens is 446 g/mol. The van der Waals surface area contributed by atoms with Crippen LogP contribution >= 0.6 is 11.3 Å². The summed E-state index contributed by atoms with van der Waals surface area (Å²) >= 11 is 1.68. The van der Waals surface area contributed by atoms with Crippen molar-refractivity contribution in [1.29, 1.82) is 0 Å². The molecule has 9 heteroatoms. The van der Waals surface area contributed by atoms with Crippen LogP contribution in [0, 0.1) is 6.92 Å². The third kappa shape index (κ3) is 4.53. The molecule has 2 N–H and O–H groups in total. The summed E-state index contributed by atoms with van der Waals surface area (Å²) in [5, 5.41) is 3.14. The molecule has 4 aromatic rings. The number of nitrogens with zero attached hydrogens (tertiary/aromatic N) is 1. The molecule has 0 saturated heterocycles. The molecule has 0 bridgehead atoms. The van der Waals surface area contributed by atoms with Crippen LogP contribution in [0.3, 0.4) is 0 Å². The number of benzene rings is 1. The standard InChI is InChI=1S/C23H23N3O4S2/c1-4-32(28,29)26-23(27)20-7-5-6-16(24-20)11-19-18-9-8-17(30-3)12-21(18)25-22(19)15-10-14(2)31-13-15/h5-10,12-13,25H,4,11H2,1-3H3,(H,26,27). The molecule has 0 fully saturated rings. The highest BCUT2D eigenvalue weighted by atomic mass is 32.2. The number of rotatable bonds is 7. The van der Waals surface area contributed by atoms with E-state index >= 15 is 0 Å². The van der Waals surface area contributed by atoms with Crippen LogP contribution in [0.2, 0.25) is 0 Å². The molecule has 0 atom stereocenters. The highest BCUT2D eigenvalue weighted by Crippen LogP contribution is 2.35. The molecule has 3 aromatic heterocycles. The van der Waals surface area contributed by atoms with E-state index in [2.05, 4.69) is 28.3 Å². The Labute approximate surface area is 190 Å². The minimum Gasteiger partial charge on any atom is -0.497 e. The van der Waals surface area contributed by atoms with Crippen molar-refractivity contribution < 1.29 is 17.9 Å². The van der Waals surface area contributed by atoms with Crippen molar-refractivity contribution in [3.05, 3.63) is 69.7 Å². The first-order valence-corrected chi connectivity index (χ1v) is 12.6. The Kier molecular flexibility index (Phi) is 6.03. The first kappa shape index (κ1) is 22.0. The van der Waals surface area contributed by atoms with Crippen molar-refractivity contribution in [2.75, 3.05) is 12.9 Å². The van der Waals surface area contributed by atoms with E-state index in [-0.39, 0.29) is 11.4 Å². The maximum Gasteiger partial charge on any atom is 0.283 e. The molecule has 0 aliphatic heterocycles. The van der Waals surface area contributed by atoms with Crippen LogP contribution in [0.15, 0.2) is 47.8 Å². The summed E-state index contributed by atoms with van der Waals surface area (Å²) in [4.78, 5) is 21.5. The maximum absolute atomic E-state index is 12.4.